The van der Waals surface area contributed by atoms with Gasteiger partial charge >= 0.3 is 0 Å². The number of carbonyl (C=O) groups is 1. The number of hydrogen-bond acceptors (Lipinski definition) is 4. The topological polar surface area (TPSA) is 66.7 Å². The van der Waals surface area contributed by atoms with Crippen LogP contribution in [-0.4, -0.2) is 34.9 Å². The highest BCUT2D eigenvalue weighted by molar-refractivity contribution is 5.99. The molecule has 140 valence electrons. The lowest BCUT2D eigenvalue weighted by Gasteiger charge is -2.28. The molecule has 0 saturated carbocycles. The molecule has 0 aromatic heterocycles. The summed E-state index contributed by atoms with van der Waals surface area (Å²) >= 11 is 0. The Bertz CT molecular complexity index is 896. The van der Waals surface area contributed by atoms with Gasteiger partial charge in [-0.2, -0.15) is 0 Å². The molecule has 0 radical (unpaired) electrons. The van der Waals surface area contributed by atoms with Crippen molar-refractivity contribution in [2.75, 3.05) is 18.0 Å². The molecule has 1 atom stereocenters. The third-order valence-electron chi connectivity index (χ3n) is 5.56. The number of carbonyl (C=O) groups excluding carboxylic acids is 1. The maximum absolute atomic E-state index is 13.3. The normalized spacial score (nSPS) is 19.3. The molecule has 2 aromatic carbocycles. The Kier molecular flexibility index (Phi) is 4.66. The summed E-state index contributed by atoms with van der Waals surface area (Å²) < 4.78 is 0. The van der Waals surface area contributed by atoms with E-state index < -0.39 is 4.92 Å². The van der Waals surface area contributed by atoms with E-state index in [0.717, 1.165) is 37.9 Å². The third-order valence-corrected chi connectivity index (χ3v) is 5.56. The molecule has 0 bridgehead atoms. The van der Waals surface area contributed by atoms with Gasteiger partial charge < -0.3 is 4.90 Å². The van der Waals surface area contributed by atoms with Gasteiger partial charge in [0.15, 0.2) is 0 Å². The number of hydrogen-bond donors (Lipinski definition) is 0. The lowest BCUT2D eigenvalue weighted by molar-refractivity contribution is -0.384. The first-order chi connectivity index (χ1) is 13.0. The fourth-order valence-electron chi connectivity index (χ4n) is 4.23. The number of amides is 1. The van der Waals surface area contributed by atoms with E-state index in [0.29, 0.717) is 12.2 Å². The van der Waals surface area contributed by atoms with E-state index in [4.69, 9.17) is 0 Å². The Morgan fingerprint density at radius 3 is 2.85 bits per heavy atom. The number of rotatable bonds is 4. The average molecular weight is 365 g/mol. The molecule has 2 aliphatic heterocycles. The van der Waals surface area contributed by atoms with E-state index >= 15 is 0 Å². The van der Waals surface area contributed by atoms with Gasteiger partial charge in [0.25, 0.3) is 5.69 Å². The molecule has 6 nitrogen and oxygen atoms in total. The van der Waals surface area contributed by atoms with Crippen LogP contribution in [-0.2, 0) is 17.8 Å². The van der Waals surface area contributed by atoms with E-state index in [-0.39, 0.29) is 17.6 Å². The van der Waals surface area contributed by atoms with Crippen molar-refractivity contribution in [1.29, 1.82) is 0 Å². The Morgan fingerprint density at radius 1 is 1.22 bits per heavy atom. The molecule has 0 aliphatic carbocycles. The van der Waals surface area contributed by atoms with Crippen molar-refractivity contribution in [2.24, 2.45) is 0 Å². The monoisotopic (exact) mass is 365 g/mol. The van der Waals surface area contributed by atoms with Crippen molar-refractivity contribution < 1.29 is 9.72 Å². The molecule has 4 rings (SSSR count). The summed E-state index contributed by atoms with van der Waals surface area (Å²) in [6.45, 7) is 4.34. The summed E-state index contributed by atoms with van der Waals surface area (Å²) in [6.07, 6.45) is 2.59. The van der Waals surface area contributed by atoms with Crippen LogP contribution in [0.1, 0.15) is 29.5 Å². The molecule has 2 aromatic rings. The van der Waals surface area contributed by atoms with Gasteiger partial charge in [-0.3, -0.25) is 19.8 Å². The Morgan fingerprint density at radius 2 is 2.07 bits per heavy atom. The van der Waals surface area contributed by atoms with Gasteiger partial charge in [0, 0.05) is 25.2 Å². The van der Waals surface area contributed by atoms with Gasteiger partial charge in [-0.25, -0.2) is 0 Å². The average Bonchev–Trinajstić information content (AvgIpc) is 3.27. The number of nitro groups is 1. The van der Waals surface area contributed by atoms with Crippen LogP contribution in [0.15, 0.2) is 42.5 Å². The lowest BCUT2D eigenvalue weighted by atomic mass is 10.1. The number of non-ortho nitro benzene ring substituents is 1. The van der Waals surface area contributed by atoms with Gasteiger partial charge in [-0.1, -0.05) is 35.9 Å². The number of aryl methyl sites for hydroxylation is 1. The molecule has 2 aliphatic rings. The Balaban J connectivity index is 1.55. The highest BCUT2D eigenvalue weighted by Gasteiger charge is 2.36. The van der Waals surface area contributed by atoms with E-state index in [1.54, 1.807) is 17.0 Å². The molecule has 1 fully saturated rings. The number of fused-ring (bicyclic) bond motifs is 1. The molecule has 6 heteroatoms. The minimum atomic E-state index is -0.402. The maximum atomic E-state index is 13.3. The summed E-state index contributed by atoms with van der Waals surface area (Å²) in [5.41, 5.74) is 4.19. The minimum Gasteiger partial charge on any atom is -0.310 e. The summed E-state index contributed by atoms with van der Waals surface area (Å²) in [5.74, 6) is 0.0689. The molecule has 2 heterocycles. The van der Waals surface area contributed by atoms with Crippen LogP contribution in [0.5, 0.6) is 0 Å². The fourth-order valence-corrected chi connectivity index (χ4v) is 4.23. The van der Waals surface area contributed by atoms with Gasteiger partial charge in [-0.05, 0) is 43.9 Å². The lowest BCUT2D eigenvalue weighted by Crippen LogP contribution is -2.45. The van der Waals surface area contributed by atoms with E-state index in [1.807, 2.05) is 6.07 Å². The number of anilines is 1. The second kappa shape index (κ2) is 7.12. The summed E-state index contributed by atoms with van der Waals surface area (Å²) in [7, 11) is 0. The Labute approximate surface area is 158 Å². The quantitative estimate of drug-likeness (QED) is 0.615. The van der Waals surface area contributed by atoms with Crippen molar-refractivity contribution >= 4 is 17.3 Å². The van der Waals surface area contributed by atoms with Crippen molar-refractivity contribution in [3.63, 3.8) is 0 Å². The first-order valence-electron chi connectivity index (χ1n) is 9.41. The standard InChI is InChI=1S/C21H23N3O3/c1-15-4-2-5-16(12-15)14-22-10-3-6-19(22)21(25)23-11-9-17-7-8-18(24(26)27)13-20(17)23/h2,4-5,7-8,12-13,19H,3,6,9-11,14H2,1H3. The van der Waals surface area contributed by atoms with Crippen LogP contribution >= 0.6 is 0 Å². The van der Waals surface area contributed by atoms with Crippen LogP contribution in [0.4, 0.5) is 11.4 Å². The second-order valence-corrected chi connectivity index (χ2v) is 7.43. The smallest absolute Gasteiger partial charge is 0.271 e. The van der Waals surface area contributed by atoms with Gasteiger partial charge in [0.05, 0.1) is 16.7 Å². The van der Waals surface area contributed by atoms with E-state index in [2.05, 4.69) is 30.0 Å². The van der Waals surface area contributed by atoms with Gasteiger partial charge in [0.1, 0.15) is 0 Å². The first-order valence-corrected chi connectivity index (χ1v) is 9.41. The number of benzene rings is 2. The van der Waals surface area contributed by atoms with Crippen LogP contribution in [0.25, 0.3) is 0 Å². The van der Waals surface area contributed by atoms with Crippen LogP contribution in [0.3, 0.4) is 0 Å². The van der Waals surface area contributed by atoms with Crippen molar-refractivity contribution in [1.82, 2.24) is 4.90 Å². The van der Waals surface area contributed by atoms with Gasteiger partial charge in [0.2, 0.25) is 5.91 Å². The SMILES string of the molecule is Cc1cccc(CN2CCCC2C(=O)N2CCc3ccc([N+](=O)[O-])cc32)c1. The van der Waals surface area contributed by atoms with Crippen molar-refractivity contribution in [3.8, 4) is 0 Å². The zero-order chi connectivity index (χ0) is 19.0. The van der Waals surface area contributed by atoms with Crippen LogP contribution in [0, 0.1) is 17.0 Å². The predicted octanol–water partition coefficient (Wildman–Crippen LogP) is 3.46. The van der Waals surface area contributed by atoms with Crippen molar-refractivity contribution in [2.45, 2.75) is 38.8 Å². The molecule has 27 heavy (non-hydrogen) atoms. The summed E-state index contributed by atoms with van der Waals surface area (Å²) in [6, 6.07) is 13.1. The van der Waals surface area contributed by atoms with E-state index in [9.17, 15) is 14.9 Å². The Hall–Kier alpha value is -2.73. The number of likely N-dealkylation sites (tertiary alicyclic amines) is 1. The predicted molar refractivity (Wildman–Crippen MR) is 104 cm³/mol. The van der Waals surface area contributed by atoms with Crippen LogP contribution < -0.4 is 4.90 Å². The molecule has 1 amide bonds. The zero-order valence-electron chi connectivity index (χ0n) is 15.4. The minimum absolute atomic E-state index is 0.0384. The van der Waals surface area contributed by atoms with Crippen molar-refractivity contribution in [3.05, 3.63) is 69.3 Å². The fraction of sp³-hybridized carbons (Fsp3) is 0.381. The third kappa shape index (κ3) is 3.45. The highest BCUT2D eigenvalue weighted by atomic mass is 16.6. The zero-order valence-corrected chi connectivity index (χ0v) is 15.4. The molecular formula is C21H23N3O3. The largest absolute Gasteiger partial charge is 0.310 e. The first kappa shape index (κ1) is 17.7. The molecular weight excluding hydrogens is 342 g/mol. The maximum Gasteiger partial charge on any atom is 0.271 e. The van der Waals surface area contributed by atoms with Gasteiger partial charge in [-0.15, -0.1) is 0 Å². The second-order valence-electron chi connectivity index (χ2n) is 7.43. The highest BCUT2D eigenvalue weighted by Crippen LogP contribution is 2.34. The molecule has 0 spiro atoms. The summed E-state index contributed by atoms with van der Waals surface area (Å²) in [5, 5.41) is 11.1. The van der Waals surface area contributed by atoms with E-state index in [1.165, 1.54) is 17.2 Å². The molecule has 1 saturated heterocycles. The summed E-state index contributed by atoms with van der Waals surface area (Å²) in [4.78, 5) is 28.0. The van der Waals surface area contributed by atoms with Crippen LogP contribution in [0.2, 0.25) is 0 Å². The molecule has 0 N–H and O–H groups in total. The number of nitro benzene ring substituents is 1. The number of nitrogens with zero attached hydrogens (tertiary/aromatic N) is 3. The molecule has 1 unspecified atom stereocenters.